The molecule has 0 heterocycles. The van der Waals surface area contributed by atoms with Gasteiger partial charge >= 0.3 is 0 Å². The largest absolute Gasteiger partial charge is 0.389 e. The number of nitrogens with one attached hydrogen (secondary N) is 1. The van der Waals surface area contributed by atoms with Crippen molar-refractivity contribution in [2.24, 2.45) is 0 Å². The summed E-state index contributed by atoms with van der Waals surface area (Å²) >= 11 is 0. The molecule has 0 aromatic heterocycles. The first kappa shape index (κ1) is 18.3. The van der Waals surface area contributed by atoms with E-state index < -0.39 is 0 Å². The van der Waals surface area contributed by atoms with Gasteiger partial charge in [0.25, 0.3) is 0 Å². The Labute approximate surface area is 85.6 Å². The molecule has 0 aliphatic carbocycles. The van der Waals surface area contributed by atoms with E-state index in [1.807, 2.05) is 20.8 Å². The summed E-state index contributed by atoms with van der Waals surface area (Å²) in [6, 6.07) is 0. The first-order valence-corrected chi connectivity index (χ1v) is 5.58. The first-order chi connectivity index (χ1) is 6.18. The Bertz CT molecular complexity index is 77.2. The quantitative estimate of drug-likeness (QED) is 0.645. The van der Waals surface area contributed by atoms with Crippen LogP contribution in [-0.4, -0.2) is 6.54 Å². The van der Waals surface area contributed by atoms with Crippen LogP contribution in [0.5, 0.6) is 0 Å². The third-order valence-corrected chi connectivity index (χ3v) is 0.957. The Morgan fingerprint density at radius 3 is 1.77 bits per heavy atom. The van der Waals surface area contributed by atoms with Crippen LogP contribution in [-0.2, 0) is 0 Å². The van der Waals surface area contributed by atoms with E-state index in [0.717, 1.165) is 12.2 Å². The molecule has 0 aromatic rings. The van der Waals surface area contributed by atoms with Crippen molar-refractivity contribution in [1.82, 2.24) is 5.32 Å². The Morgan fingerprint density at radius 1 is 1.15 bits per heavy atom. The highest BCUT2D eigenvalue weighted by Crippen LogP contribution is 1.84. The lowest BCUT2D eigenvalue weighted by atomic mass is 10.3. The molecule has 0 amide bonds. The molecule has 0 bridgehead atoms. The molecular weight excluding hydrogens is 158 g/mol. The van der Waals surface area contributed by atoms with E-state index in [9.17, 15) is 0 Å². The molecular formula is C12H29N. The zero-order chi connectivity index (χ0) is 11.1. The van der Waals surface area contributed by atoms with E-state index in [1.165, 1.54) is 19.3 Å². The molecule has 1 N–H and O–H groups in total. The van der Waals surface area contributed by atoms with E-state index in [4.69, 9.17) is 0 Å². The van der Waals surface area contributed by atoms with E-state index in [2.05, 4.69) is 32.7 Å². The fourth-order valence-electron chi connectivity index (χ4n) is 0.479. The van der Waals surface area contributed by atoms with Crippen molar-refractivity contribution in [1.29, 1.82) is 0 Å². The lowest BCUT2D eigenvalue weighted by Gasteiger charge is -2.00. The summed E-state index contributed by atoms with van der Waals surface area (Å²) in [7, 11) is 0. The maximum absolute atomic E-state index is 3.72. The molecule has 13 heavy (non-hydrogen) atoms. The normalized spacial score (nSPS) is 7.23. The van der Waals surface area contributed by atoms with Crippen molar-refractivity contribution >= 4 is 0 Å². The molecule has 0 aliphatic heterocycles. The van der Waals surface area contributed by atoms with Crippen molar-refractivity contribution in [2.75, 3.05) is 6.54 Å². The molecule has 0 saturated heterocycles. The molecule has 0 fully saturated rings. The second-order valence-corrected chi connectivity index (χ2v) is 2.77. The monoisotopic (exact) mass is 187 g/mol. The third kappa shape index (κ3) is 51.0. The number of hydrogen-bond donors (Lipinski definition) is 1. The number of rotatable bonds is 4. The summed E-state index contributed by atoms with van der Waals surface area (Å²) in [4.78, 5) is 0. The van der Waals surface area contributed by atoms with E-state index in [0.29, 0.717) is 0 Å². The third-order valence-electron chi connectivity index (χ3n) is 0.957. The fraction of sp³-hybridized carbons (Fsp3) is 0.833. The van der Waals surface area contributed by atoms with E-state index >= 15 is 0 Å². The highest BCUT2D eigenvalue weighted by Gasteiger charge is 1.80. The molecule has 0 aliphatic rings. The van der Waals surface area contributed by atoms with Gasteiger partial charge in [0.2, 0.25) is 0 Å². The summed E-state index contributed by atoms with van der Waals surface area (Å²) in [5, 5.41) is 3.15. The minimum Gasteiger partial charge on any atom is -0.389 e. The Morgan fingerprint density at radius 2 is 1.54 bits per heavy atom. The second-order valence-electron chi connectivity index (χ2n) is 2.77. The van der Waals surface area contributed by atoms with Crippen LogP contribution in [0.25, 0.3) is 0 Å². The zero-order valence-electron chi connectivity index (χ0n) is 10.5. The summed E-state index contributed by atoms with van der Waals surface area (Å²) in [5.74, 6) is 0. The van der Waals surface area contributed by atoms with Crippen LogP contribution >= 0.6 is 0 Å². The van der Waals surface area contributed by atoms with Gasteiger partial charge in [-0.25, -0.2) is 0 Å². The van der Waals surface area contributed by atoms with Gasteiger partial charge in [-0.15, -0.1) is 0 Å². The van der Waals surface area contributed by atoms with Crippen LogP contribution in [0.2, 0.25) is 0 Å². The van der Waals surface area contributed by atoms with Crippen LogP contribution in [0.15, 0.2) is 12.3 Å². The summed E-state index contributed by atoms with van der Waals surface area (Å²) in [5.41, 5.74) is 1.07. The van der Waals surface area contributed by atoms with Crippen molar-refractivity contribution in [3.8, 4) is 0 Å². The number of hydrogen-bond acceptors (Lipinski definition) is 1. The minimum atomic E-state index is 1.07. The molecule has 0 atom stereocenters. The Hall–Kier alpha value is -0.460. The van der Waals surface area contributed by atoms with Crippen molar-refractivity contribution in [2.45, 2.75) is 60.8 Å². The molecule has 0 spiro atoms. The van der Waals surface area contributed by atoms with Gasteiger partial charge < -0.3 is 5.32 Å². The van der Waals surface area contributed by atoms with Crippen LogP contribution < -0.4 is 5.32 Å². The molecule has 82 valence electrons. The lowest BCUT2D eigenvalue weighted by Crippen LogP contribution is -2.10. The van der Waals surface area contributed by atoms with Crippen molar-refractivity contribution in [3.05, 3.63) is 12.3 Å². The molecule has 0 unspecified atom stereocenters. The van der Waals surface area contributed by atoms with Gasteiger partial charge in [-0.3, -0.25) is 0 Å². The molecule has 0 aromatic carbocycles. The zero-order valence-corrected chi connectivity index (χ0v) is 10.5. The lowest BCUT2D eigenvalue weighted by molar-refractivity contribution is 0.712. The van der Waals surface area contributed by atoms with Crippen LogP contribution in [0.1, 0.15) is 60.8 Å². The van der Waals surface area contributed by atoms with Gasteiger partial charge in [-0.05, 0) is 13.3 Å². The van der Waals surface area contributed by atoms with Crippen LogP contribution in [0.4, 0.5) is 0 Å². The van der Waals surface area contributed by atoms with E-state index in [1.54, 1.807) is 0 Å². The standard InChI is InChI=1S/C7H15N.C3H8.C2H6/c1-4-5-6-8-7(2)3;1-3-2;1-2/h8H,2,4-6H2,1,3H3;3H2,1-2H3;1-2H3. The maximum atomic E-state index is 3.72. The van der Waals surface area contributed by atoms with Gasteiger partial charge in [-0.2, -0.15) is 0 Å². The minimum absolute atomic E-state index is 1.07. The first-order valence-electron chi connectivity index (χ1n) is 5.58. The average Bonchev–Trinajstić information content (AvgIpc) is 2.09. The van der Waals surface area contributed by atoms with Crippen LogP contribution in [0, 0.1) is 0 Å². The maximum Gasteiger partial charge on any atom is 0.0143 e. The second kappa shape index (κ2) is 22.5. The fourth-order valence-corrected chi connectivity index (χ4v) is 0.479. The molecule has 0 rings (SSSR count). The van der Waals surface area contributed by atoms with E-state index in [-0.39, 0.29) is 0 Å². The highest BCUT2D eigenvalue weighted by molar-refractivity contribution is 4.83. The molecule has 0 saturated carbocycles. The Balaban J connectivity index is -0.000000169. The smallest absolute Gasteiger partial charge is 0.0143 e. The van der Waals surface area contributed by atoms with Gasteiger partial charge in [0.05, 0.1) is 0 Å². The molecule has 0 radical (unpaired) electrons. The van der Waals surface area contributed by atoms with Gasteiger partial charge in [0, 0.05) is 12.2 Å². The number of allylic oxidation sites excluding steroid dienone is 1. The van der Waals surface area contributed by atoms with Gasteiger partial charge in [0.15, 0.2) is 0 Å². The SMILES string of the molecule is C=C(C)NCCCC.CC.CCC. The molecule has 1 heteroatoms. The van der Waals surface area contributed by atoms with Gasteiger partial charge in [-0.1, -0.05) is 54.0 Å². The van der Waals surface area contributed by atoms with Crippen molar-refractivity contribution < 1.29 is 0 Å². The topological polar surface area (TPSA) is 12.0 Å². The average molecular weight is 187 g/mol. The summed E-state index contributed by atoms with van der Waals surface area (Å²) in [6.45, 7) is 17.2. The van der Waals surface area contributed by atoms with Gasteiger partial charge in [0.1, 0.15) is 0 Å². The number of unbranched alkanes of at least 4 members (excludes halogenated alkanes) is 1. The predicted octanol–water partition coefficient (Wildman–Crippen LogP) is 4.35. The highest BCUT2D eigenvalue weighted by atomic mass is 14.9. The predicted molar refractivity (Wildman–Crippen MR) is 65.0 cm³/mol. The summed E-state index contributed by atoms with van der Waals surface area (Å²) < 4.78 is 0. The van der Waals surface area contributed by atoms with Crippen LogP contribution in [0.3, 0.4) is 0 Å². The molecule has 1 nitrogen and oxygen atoms in total. The Kier molecular flexibility index (Phi) is 31.8. The summed E-state index contributed by atoms with van der Waals surface area (Å²) in [6.07, 6.45) is 3.74. The van der Waals surface area contributed by atoms with Crippen molar-refractivity contribution in [3.63, 3.8) is 0 Å².